The van der Waals surface area contributed by atoms with Crippen molar-refractivity contribution in [2.75, 3.05) is 19.7 Å². The summed E-state index contributed by atoms with van der Waals surface area (Å²) in [6.45, 7) is 2.06. The second-order valence-corrected chi connectivity index (χ2v) is 5.37. The third-order valence-corrected chi connectivity index (χ3v) is 4.06. The van der Waals surface area contributed by atoms with Crippen LogP contribution in [0.3, 0.4) is 0 Å². The first-order chi connectivity index (χ1) is 9.78. The first-order valence-corrected chi connectivity index (χ1v) is 7.06. The van der Waals surface area contributed by atoms with Crippen LogP contribution < -0.4 is 0 Å². The monoisotopic (exact) mass is 273 g/mol. The number of carbonyl (C=O) groups is 1. The van der Waals surface area contributed by atoms with Crippen molar-refractivity contribution >= 4 is 16.9 Å². The standard InChI is InChI=1S/C15H19N3O2/c19-10-12-5-7-17(8-6-12)15(20)9-18-11-16-13-3-1-2-4-14(13)18/h1-4,11-12,19H,5-10H2. The first-order valence-electron chi connectivity index (χ1n) is 7.06. The van der Waals surface area contributed by atoms with E-state index in [1.807, 2.05) is 33.7 Å². The highest BCUT2D eigenvalue weighted by Gasteiger charge is 2.22. The molecule has 1 aromatic heterocycles. The van der Waals surface area contributed by atoms with Gasteiger partial charge in [0, 0.05) is 19.7 Å². The molecule has 2 heterocycles. The fourth-order valence-electron chi connectivity index (χ4n) is 2.75. The lowest BCUT2D eigenvalue weighted by molar-refractivity contribution is -0.133. The van der Waals surface area contributed by atoms with E-state index in [2.05, 4.69) is 4.98 Å². The number of piperidine rings is 1. The second-order valence-electron chi connectivity index (χ2n) is 5.37. The van der Waals surface area contributed by atoms with E-state index in [0.29, 0.717) is 12.5 Å². The van der Waals surface area contributed by atoms with Crippen LogP contribution in [0, 0.1) is 5.92 Å². The van der Waals surface area contributed by atoms with Gasteiger partial charge in [0.1, 0.15) is 6.54 Å². The van der Waals surface area contributed by atoms with Crippen molar-refractivity contribution in [3.05, 3.63) is 30.6 Å². The lowest BCUT2D eigenvalue weighted by Gasteiger charge is -2.31. The minimum Gasteiger partial charge on any atom is -0.396 e. The fraction of sp³-hybridized carbons (Fsp3) is 0.467. The summed E-state index contributed by atoms with van der Waals surface area (Å²) < 4.78 is 1.90. The van der Waals surface area contributed by atoms with E-state index < -0.39 is 0 Å². The summed E-state index contributed by atoms with van der Waals surface area (Å²) in [5.74, 6) is 0.484. The number of carbonyl (C=O) groups excluding carboxylic acids is 1. The highest BCUT2D eigenvalue weighted by atomic mass is 16.3. The Labute approximate surface area is 117 Å². The molecule has 1 fully saturated rings. The molecule has 20 heavy (non-hydrogen) atoms. The Kier molecular flexibility index (Phi) is 3.69. The number of aromatic nitrogens is 2. The molecular weight excluding hydrogens is 254 g/mol. The third-order valence-electron chi connectivity index (χ3n) is 4.06. The number of amides is 1. The number of hydrogen-bond donors (Lipinski definition) is 1. The number of fused-ring (bicyclic) bond motifs is 1. The summed E-state index contributed by atoms with van der Waals surface area (Å²) in [5.41, 5.74) is 1.91. The maximum atomic E-state index is 12.3. The summed E-state index contributed by atoms with van der Waals surface area (Å²) in [4.78, 5) is 18.5. The summed E-state index contributed by atoms with van der Waals surface area (Å²) in [6.07, 6.45) is 3.52. The molecule has 0 radical (unpaired) electrons. The molecule has 0 spiro atoms. The van der Waals surface area contributed by atoms with Crippen molar-refractivity contribution in [2.24, 2.45) is 5.92 Å². The zero-order chi connectivity index (χ0) is 13.9. The van der Waals surface area contributed by atoms with Gasteiger partial charge in [-0.1, -0.05) is 12.1 Å². The van der Waals surface area contributed by atoms with Gasteiger partial charge in [-0.15, -0.1) is 0 Å². The number of nitrogens with zero attached hydrogens (tertiary/aromatic N) is 3. The number of likely N-dealkylation sites (tertiary alicyclic amines) is 1. The minimum atomic E-state index is 0.129. The predicted octanol–water partition coefficient (Wildman–Crippen LogP) is 1.27. The van der Waals surface area contributed by atoms with Gasteiger partial charge in [0.2, 0.25) is 5.91 Å². The molecule has 1 aromatic carbocycles. The van der Waals surface area contributed by atoms with Crippen LogP contribution in [0.2, 0.25) is 0 Å². The highest BCUT2D eigenvalue weighted by Crippen LogP contribution is 2.17. The van der Waals surface area contributed by atoms with Crippen LogP contribution in [0.1, 0.15) is 12.8 Å². The average Bonchev–Trinajstić information content (AvgIpc) is 2.91. The molecule has 0 atom stereocenters. The molecule has 1 saturated heterocycles. The van der Waals surface area contributed by atoms with Gasteiger partial charge < -0.3 is 14.6 Å². The number of hydrogen-bond acceptors (Lipinski definition) is 3. The van der Waals surface area contributed by atoms with Gasteiger partial charge in [0.15, 0.2) is 0 Å². The number of aliphatic hydroxyl groups is 1. The molecule has 0 bridgehead atoms. The molecule has 0 saturated carbocycles. The van der Waals surface area contributed by atoms with Crippen molar-refractivity contribution in [2.45, 2.75) is 19.4 Å². The molecule has 1 amide bonds. The molecule has 1 aliphatic rings. The van der Waals surface area contributed by atoms with E-state index in [1.54, 1.807) is 6.33 Å². The summed E-state index contributed by atoms with van der Waals surface area (Å²) >= 11 is 0. The van der Waals surface area contributed by atoms with Gasteiger partial charge in [0.05, 0.1) is 17.4 Å². The maximum absolute atomic E-state index is 12.3. The van der Waals surface area contributed by atoms with Crippen molar-refractivity contribution < 1.29 is 9.90 Å². The quantitative estimate of drug-likeness (QED) is 0.916. The first kappa shape index (κ1) is 13.1. The summed E-state index contributed by atoms with van der Waals surface area (Å²) in [5, 5.41) is 9.13. The zero-order valence-corrected chi connectivity index (χ0v) is 11.4. The van der Waals surface area contributed by atoms with Gasteiger partial charge >= 0.3 is 0 Å². The Morgan fingerprint density at radius 1 is 1.30 bits per heavy atom. The number of aliphatic hydroxyl groups excluding tert-OH is 1. The Morgan fingerprint density at radius 3 is 2.80 bits per heavy atom. The van der Waals surface area contributed by atoms with Crippen LogP contribution in [-0.4, -0.2) is 45.2 Å². The van der Waals surface area contributed by atoms with Crippen LogP contribution >= 0.6 is 0 Å². The Morgan fingerprint density at radius 2 is 2.05 bits per heavy atom. The van der Waals surface area contributed by atoms with Crippen molar-refractivity contribution in [1.82, 2.24) is 14.5 Å². The van der Waals surface area contributed by atoms with Crippen LogP contribution in [-0.2, 0) is 11.3 Å². The van der Waals surface area contributed by atoms with E-state index >= 15 is 0 Å². The number of rotatable bonds is 3. The van der Waals surface area contributed by atoms with E-state index in [1.165, 1.54) is 0 Å². The van der Waals surface area contributed by atoms with Crippen LogP contribution in [0.25, 0.3) is 11.0 Å². The minimum absolute atomic E-state index is 0.129. The Bertz CT molecular complexity index is 600. The van der Waals surface area contributed by atoms with E-state index in [0.717, 1.165) is 37.0 Å². The molecule has 5 heteroatoms. The molecule has 1 aliphatic heterocycles. The van der Waals surface area contributed by atoms with Gasteiger partial charge in [-0.05, 0) is 30.9 Å². The normalized spacial score (nSPS) is 16.8. The lowest BCUT2D eigenvalue weighted by atomic mass is 9.98. The van der Waals surface area contributed by atoms with E-state index in [9.17, 15) is 4.79 Å². The van der Waals surface area contributed by atoms with E-state index in [-0.39, 0.29) is 12.5 Å². The number of para-hydroxylation sites is 2. The molecule has 1 N–H and O–H groups in total. The zero-order valence-electron chi connectivity index (χ0n) is 11.4. The largest absolute Gasteiger partial charge is 0.396 e. The molecule has 3 rings (SSSR count). The van der Waals surface area contributed by atoms with Crippen molar-refractivity contribution in [3.63, 3.8) is 0 Å². The van der Waals surface area contributed by atoms with Crippen molar-refractivity contribution in [3.8, 4) is 0 Å². The third kappa shape index (κ3) is 2.54. The van der Waals surface area contributed by atoms with Crippen LogP contribution in [0.5, 0.6) is 0 Å². The van der Waals surface area contributed by atoms with Gasteiger partial charge in [-0.25, -0.2) is 4.98 Å². The molecule has 0 unspecified atom stereocenters. The second kappa shape index (κ2) is 5.63. The van der Waals surface area contributed by atoms with Crippen LogP contribution in [0.4, 0.5) is 0 Å². The number of imidazole rings is 1. The smallest absolute Gasteiger partial charge is 0.242 e. The Hall–Kier alpha value is -1.88. The molecular formula is C15H19N3O2. The predicted molar refractivity (Wildman–Crippen MR) is 76.1 cm³/mol. The number of benzene rings is 1. The molecule has 106 valence electrons. The van der Waals surface area contributed by atoms with Gasteiger partial charge in [0.25, 0.3) is 0 Å². The summed E-state index contributed by atoms with van der Waals surface area (Å²) in [6, 6.07) is 7.83. The lowest BCUT2D eigenvalue weighted by Crippen LogP contribution is -2.40. The topological polar surface area (TPSA) is 58.4 Å². The fourth-order valence-corrected chi connectivity index (χ4v) is 2.75. The van der Waals surface area contributed by atoms with Crippen LogP contribution in [0.15, 0.2) is 30.6 Å². The molecule has 2 aromatic rings. The van der Waals surface area contributed by atoms with Crippen molar-refractivity contribution in [1.29, 1.82) is 0 Å². The van der Waals surface area contributed by atoms with Gasteiger partial charge in [-0.2, -0.15) is 0 Å². The Balaban J connectivity index is 1.67. The highest BCUT2D eigenvalue weighted by molar-refractivity contribution is 5.80. The molecule has 0 aliphatic carbocycles. The molecule has 5 nitrogen and oxygen atoms in total. The SMILES string of the molecule is O=C(Cn1cnc2ccccc21)N1CCC(CO)CC1. The summed E-state index contributed by atoms with van der Waals surface area (Å²) in [7, 11) is 0. The average molecular weight is 273 g/mol. The van der Waals surface area contributed by atoms with Gasteiger partial charge in [-0.3, -0.25) is 4.79 Å². The maximum Gasteiger partial charge on any atom is 0.242 e. The van der Waals surface area contributed by atoms with E-state index in [4.69, 9.17) is 5.11 Å².